The number of alkyl halides is 1. The van der Waals surface area contributed by atoms with Gasteiger partial charge in [0.05, 0.1) is 6.20 Å². The van der Waals surface area contributed by atoms with E-state index in [1.807, 2.05) is 13.8 Å². The molecule has 2 aromatic rings. The first kappa shape index (κ1) is 33.8. The Morgan fingerprint density at radius 2 is 1.57 bits per heavy atom. The van der Waals surface area contributed by atoms with Gasteiger partial charge in [0.25, 0.3) is 5.91 Å². The number of nitrogens with zero attached hydrogens (tertiary/aromatic N) is 4. The molecular formula is C32H50BrN7O2. The van der Waals surface area contributed by atoms with E-state index in [9.17, 15) is 9.59 Å². The van der Waals surface area contributed by atoms with Gasteiger partial charge >= 0.3 is 0 Å². The molecule has 5 rings (SSSR count). The number of nitrogens with one attached hydrogen (secondary N) is 1. The summed E-state index contributed by atoms with van der Waals surface area (Å²) >= 11 is 3.17. The van der Waals surface area contributed by atoms with Crippen LogP contribution in [-0.2, 0) is 4.79 Å². The molecule has 3 heterocycles. The van der Waals surface area contributed by atoms with Crippen molar-refractivity contribution < 1.29 is 9.59 Å². The number of hydrogen-bond donors (Lipinski definition) is 3. The first-order chi connectivity index (χ1) is 20.4. The van der Waals surface area contributed by atoms with Crippen LogP contribution in [-0.4, -0.2) is 64.2 Å². The fourth-order valence-corrected chi connectivity index (χ4v) is 6.29. The monoisotopic (exact) mass is 643 g/mol. The van der Waals surface area contributed by atoms with Crippen molar-refractivity contribution in [3.63, 3.8) is 0 Å². The van der Waals surface area contributed by atoms with Crippen molar-refractivity contribution >= 4 is 45.1 Å². The van der Waals surface area contributed by atoms with E-state index < -0.39 is 5.91 Å². The first-order valence-corrected chi connectivity index (χ1v) is 16.9. The van der Waals surface area contributed by atoms with Crippen molar-refractivity contribution in [2.75, 3.05) is 41.7 Å². The van der Waals surface area contributed by atoms with Crippen LogP contribution in [0.4, 0.5) is 17.3 Å². The third-order valence-corrected chi connectivity index (χ3v) is 8.81. The number of likely N-dealkylation sites (tertiary alicyclic amines) is 1. The van der Waals surface area contributed by atoms with Crippen molar-refractivity contribution in [3.8, 4) is 0 Å². The van der Waals surface area contributed by atoms with Gasteiger partial charge in [-0.3, -0.25) is 9.59 Å². The zero-order valence-electron chi connectivity index (χ0n) is 25.5. The van der Waals surface area contributed by atoms with Gasteiger partial charge in [0, 0.05) is 36.6 Å². The summed E-state index contributed by atoms with van der Waals surface area (Å²) in [5.74, 6) is 1.07. The second-order valence-corrected chi connectivity index (χ2v) is 11.9. The third-order valence-electron chi connectivity index (χ3n) is 8.25. The number of carbonyl (C=O) groups is 2. The summed E-state index contributed by atoms with van der Waals surface area (Å²) in [6, 6.07) is 9.42. The molecule has 1 aromatic heterocycles. The number of benzene rings is 1. The maximum atomic E-state index is 11.9. The summed E-state index contributed by atoms with van der Waals surface area (Å²) < 4.78 is 0. The lowest BCUT2D eigenvalue weighted by Crippen LogP contribution is -2.39. The van der Waals surface area contributed by atoms with Crippen molar-refractivity contribution in [1.29, 1.82) is 0 Å². The Kier molecular flexibility index (Phi) is 14.5. The van der Waals surface area contributed by atoms with Gasteiger partial charge in [0.15, 0.2) is 11.5 Å². The lowest BCUT2D eigenvalue weighted by Gasteiger charge is -2.36. The molecule has 0 bridgehead atoms. The molecule has 0 atom stereocenters. The molecule has 42 heavy (non-hydrogen) atoms. The molecule has 1 aliphatic carbocycles. The van der Waals surface area contributed by atoms with Crippen molar-refractivity contribution in [2.24, 2.45) is 11.5 Å². The summed E-state index contributed by atoms with van der Waals surface area (Å²) in [5.41, 5.74) is 12.9. The lowest BCUT2D eigenvalue weighted by atomic mass is 9.88. The molecular weight excluding hydrogens is 594 g/mol. The summed E-state index contributed by atoms with van der Waals surface area (Å²) in [6.45, 7) is 8.38. The molecule has 0 radical (unpaired) electrons. The zero-order valence-corrected chi connectivity index (χ0v) is 27.1. The fourth-order valence-electron chi connectivity index (χ4n) is 6.01. The summed E-state index contributed by atoms with van der Waals surface area (Å²) in [6.07, 6.45) is 14.6. The molecule has 2 amide bonds. The Hall–Kier alpha value is -2.72. The molecule has 2 aliphatic heterocycles. The minimum absolute atomic E-state index is 0.180. The topological polar surface area (TPSA) is 130 Å². The molecule has 0 spiro atoms. The van der Waals surface area contributed by atoms with Crippen LogP contribution in [0.25, 0.3) is 0 Å². The van der Waals surface area contributed by atoms with E-state index in [1.54, 1.807) is 6.20 Å². The van der Waals surface area contributed by atoms with Gasteiger partial charge in [0.2, 0.25) is 5.91 Å². The normalized spacial score (nSPS) is 17.9. The molecule has 10 heteroatoms. The summed E-state index contributed by atoms with van der Waals surface area (Å²) in [5, 5.41) is 4.16. The van der Waals surface area contributed by atoms with Gasteiger partial charge in [-0.25, -0.2) is 9.97 Å². The van der Waals surface area contributed by atoms with E-state index in [4.69, 9.17) is 16.5 Å². The number of rotatable bonds is 9. The van der Waals surface area contributed by atoms with E-state index in [2.05, 4.69) is 60.3 Å². The second-order valence-electron chi connectivity index (χ2n) is 11.1. The SMILES string of the molecule is CC.NC(=O)CCCBr.NC(=O)c1ncc(N2CCCCC2)nc1Nc1ccc(C2CCN(C3CCCC3)CC2)cc1. The van der Waals surface area contributed by atoms with E-state index in [1.165, 1.54) is 63.6 Å². The maximum Gasteiger partial charge on any atom is 0.271 e. The van der Waals surface area contributed by atoms with E-state index in [0.29, 0.717) is 18.2 Å². The van der Waals surface area contributed by atoms with Crippen LogP contribution in [0.15, 0.2) is 30.5 Å². The Balaban J connectivity index is 0.000000474. The fraction of sp³-hybridized carbons (Fsp3) is 0.625. The number of nitrogens with two attached hydrogens (primary N) is 2. The average Bonchev–Trinajstić information content (AvgIpc) is 3.57. The number of carbonyl (C=O) groups excluding carboxylic acids is 2. The number of aromatic nitrogens is 2. The van der Waals surface area contributed by atoms with Gasteiger partial charge < -0.3 is 26.6 Å². The van der Waals surface area contributed by atoms with Gasteiger partial charge in [-0.2, -0.15) is 0 Å². The molecule has 2 saturated heterocycles. The Labute approximate surface area is 260 Å². The van der Waals surface area contributed by atoms with Crippen LogP contribution in [0, 0.1) is 0 Å². The maximum absolute atomic E-state index is 11.9. The molecule has 1 aromatic carbocycles. The highest BCUT2D eigenvalue weighted by Crippen LogP contribution is 2.33. The number of primary amides is 2. The molecule has 3 aliphatic rings. The molecule has 5 N–H and O–H groups in total. The molecule has 0 unspecified atom stereocenters. The highest BCUT2D eigenvalue weighted by Gasteiger charge is 2.27. The Morgan fingerprint density at radius 1 is 0.929 bits per heavy atom. The average molecular weight is 645 g/mol. The third kappa shape index (κ3) is 10.2. The molecule has 232 valence electrons. The van der Waals surface area contributed by atoms with Crippen molar-refractivity contribution in [2.45, 2.75) is 96.4 Å². The lowest BCUT2D eigenvalue weighted by molar-refractivity contribution is -0.118. The first-order valence-electron chi connectivity index (χ1n) is 15.8. The second kappa shape index (κ2) is 18.1. The van der Waals surface area contributed by atoms with E-state index in [0.717, 1.165) is 55.2 Å². The van der Waals surface area contributed by atoms with Gasteiger partial charge in [-0.05, 0) is 88.1 Å². The number of halogens is 1. The van der Waals surface area contributed by atoms with Gasteiger partial charge in [-0.1, -0.05) is 54.8 Å². The number of anilines is 3. The van der Waals surface area contributed by atoms with Crippen LogP contribution in [0.5, 0.6) is 0 Å². The Bertz CT molecular complexity index is 1090. The highest BCUT2D eigenvalue weighted by molar-refractivity contribution is 9.09. The summed E-state index contributed by atoms with van der Waals surface area (Å²) in [4.78, 5) is 35.9. The van der Waals surface area contributed by atoms with Gasteiger partial charge in [-0.15, -0.1) is 0 Å². The van der Waals surface area contributed by atoms with Crippen LogP contribution in [0.3, 0.4) is 0 Å². The van der Waals surface area contributed by atoms with Gasteiger partial charge in [0.1, 0.15) is 5.82 Å². The van der Waals surface area contributed by atoms with Crippen LogP contribution >= 0.6 is 15.9 Å². The largest absolute Gasteiger partial charge is 0.370 e. The summed E-state index contributed by atoms with van der Waals surface area (Å²) in [7, 11) is 0. The highest BCUT2D eigenvalue weighted by atomic mass is 79.9. The molecule has 9 nitrogen and oxygen atoms in total. The standard InChI is InChI=1S/C26H36N6O.C4H8BrNO.C2H6/c27-25(33)24-26(30-23(18-28-24)32-14-4-1-5-15-32)29-21-10-8-19(9-11-21)20-12-16-31(17-13-20)22-6-2-3-7-22;5-3-1-2-4(6)7;1-2/h8-11,18,20,22H,1-7,12-17H2,(H2,27,33)(H,29,30);1-3H2,(H2,6,7);1-2H3. The van der Waals surface area contributed by atoms with Crippen molar-refractivity contribution in [3.05, 3.63) is 41.7 Å². The van der Waals surface area contributed by atoms with Crippen LogP contribution < -0.4 is 21.7 Å². The Morgan fingerprint density at radius 3 is 2.12 bits per heavy atom. The minimum atomic E-state index is -0.569. The smallest absolute Gasteiger partial charge is 0.271 e. The quantitative estimate of drug-likeness (QED) is 0.281. The zero-order chi connectivity index (χ0) is 30.3. The van der Waals surface area contributed by atoms with Crippen LogP contribution in [0.2, 0.25) is 0 Å². The number of hydrogen-bond acceptors (Lipinski definition) is 7. The predicted octanol–water partition coefficient (Wildman–Crippen LogP) is 6.10. The molecule has 3 fully saturated rings. The van der Waals surface area contributed by atoms with E-state index in [-0.39, 0.29) is 11.6 Å². The minimum Gasteiger partial charge on any atom is -0.370 e. The van der Waals surface area contributed by atoms with Crippen molar-refractivity contribution in [1.82, 2.24) is 14.9 Å². The predicted molar refractivity (Wildman–Crippen MR) is 176 cm³/mol. The van der Waals surface area contributed by atoms with Crippen LogP contribution in [0.1, 0.15) is 106 Å². The number of amides is 2. The number of piperidine rings is 2. The molecule has 1 saturated carbocycles. The van der Waals surface area contributed by atoms with E-state index >= 15 is 0 Å².